The van der Waals surface area contributed by atoms with Crippen molar-refractivity contribution in [3.05, 3.63) is 60.8 Å². The third kappa shape index (κ3) is 3.73. The minimum Gasteiger partial charge on any atom is -0.326 e. The van der Waals surface area contributed by atoms with Crippen molar-refractivity contribution in [2.75, 3.05) is 19.6 Å². The van der Waals surface area contributed by atoms with Crippen LogP contribution in [0.25, 0.3) is 11.3 Å². The quantitative estimate of drug-likeness (QED) is 0.650. The largest absolute Gasteiger partial charge is 0.326 e. The van der Waals surface area contributed by atoms with Crippen LogP contribution in [-0.4, -0.2) is 43.9 Å². The molecule has 0 aliphatic carbocycles. The van der Waals surface area contributed by atoms with Crippen LogP contribution in [0.2, 0.25) is 0 Å². The standard InChI is InChI=1S/C21H27N5/c1-2-20(16-24-10-6-7-11-24)26-17-22-13-21(26)19-12-23-25(15-19)14-18-8-4-3-5-9-18/h3-5,8-9,12-13,15,17,20H,2,6-7,10-11,14,16H2,1H3/t20-/m0/s1. The van der Waals surface area contributed by atoms with Crippen molar-refractivity contribution in [2.45, 2.75) is 38.8 Å². The van der Waals surface area contributed by atoms with Crippen LogP contribution in [0.5, 0.6) is 0 Å². The molecule has 0 N–H and O–H groups in total. The normalized spacial score (nSPS) is 16.2. The third-order valence-electron chi connectivity index (χ3n) is 5.31. The smallest absolute Gasteiger partial charge is 0.0954 e. The molecule has 3 aromatic rings. The van der Waals surface area contributed by atoms with Crippen LogP contribution in [0.1, 0.15) is 37.8 Å². The van der Waals surface area contributed by atoms with Gasteiger partial charge in [-0.2, -0.15) is 5.10 Å². The maximum atomic E-state index is 4.56. The van der Waals surface area contributed by atoms with Crippen molar-refractivity contribution in [2.24, 2.45) is 0 Å². The van der Waals surface area contributed by atoms with E-state index < -0.39 is 0 Å². The average Bonchev–Trinajstić information content (AvgIpc) is 3.42. The Balaban J connectivity index is 1.52. The number of likely N-dealkylation sites (tertiary alicyclic amines) is 1. The van der Waals surface area contributed by atoms with E-state index in [4.69, 9.17) is 0 Å². The molecule has 26 heavy (non-hydrogen) atoms. The van der Waals surface area contributed by atoms with E-state index in [0.29, 0.717) is 6.04 Å². The molecule has 0 saturated carbocycles. The molecule has 1 aromatic carbocycles. The van der Waals surface area contributed by atoms with E-state index in [9.17, 15) is 0 Å². The van der Waals surface area contributed by atoms with E-state index in [1.807, 2.05) is 29.5 Å². The summed E-state index contributed by atoms with van der Waals surface area (Å²) >= 11 is 0. The van der Waals surface area contributed by atoms with Crippen LogP contribution in [0.3, 0.4) is 0 Å². The summed E-state index contributed by atoms with van der Waals surface area (Å²) < 4.78 is 4.34. The van der Waals surface area contributed by atoms with Gasteiger partial charge in [-0.1, -0.05) is 37.3 Å². The SMILES string of the molecule is CC[C@@H](CN1CCCC1)n1cncc1-c1cnn(Cc2ccccc2)c1. The Morgan fingerprint density at radius 2 is 1.88 bits per heavy atom. The molecule has 0 bridgehead atoms. The van der Waals surface area contributed by atoms with Crippen LogP contribution in [0.15, 0.2) is 55.2 Å². The van der Waals surface area contributed by atoms with Crippen LogP contribution >= 0.6 is 0 Å². The molecular formula is C21H27N5. The molecule has 4 rings (SSSR count). The average molecular weight is 349 g/mol. The highest BCUT2D eigenvalue weighted by Gasteiger charge is 2.20. The van der Waals surface area contributed by atoms with Crippen molar-refractivity contribution >= 4 is 0 Å². The molecule has 1 aliphatic heterocycles. The number of aromatic nitrogens is 4. The molecule has 5 nitrogen and oxygen atoms in total. The van der Waals surface area contributed by atoms with E-state index in [-0.39, 0.29) is 0 Å². The van der Waals surface area contributed by atoms with Gasteiger partial charge in [0.05, 0.1) is 31.0 Å². The highest BCUT2D eigenvalue weighted by Crippen LogP contribution is 2.25. The van der Waals surface area contributed by atoms with Gasteiger partial charge >= 0.3 is 0 Å². The summed E-state index contributed by atoms with van der Waals surface area (Å²) in [4.78, 5) is 7.02. The predicted molar refractivity (Wildman–Crippen MR) is 104 cm³/mol. The number of hydrogen-bond donors (Lipinski definition) is 0. The van der Waals surface area contributed by atoms with Crippen molar-refractivity contribution in [1.29, 1.82) is 0 Å². The van der Waals surface area contributed by atoms with E-state index in [0.717, 1.165) is 30.8 Å². The number of imidazole rings is 1. The number of hydrogen-bond acceptors (Lipinski definition) is 3. The maximum Gasteiger partial charge on any atom is 0.0954 e. The van der Waals surface area contributed by atoms with Crippen LogP contribution in [0.4, 0.5) is 0 Å². The Bertz CT molecular complexity index is 814. The van der Waals surface area contributed by atoms with Gasteiger partial charge in [-0.25, -0.2) is 4.98 Å². The fourth-order valence-electron chi connectivity index (χ4n) is 3.85. The third-order valence-corrected chi connectivity index (χ3v) is 5.31. The van der Waals surface area contributed by atoms with E-state index >= 15 is 0 Å². The molecular weight excluding hydrogens is 322 g/mol. The van der Waals surface area contributed by atoms with Gasteiger partial charge in [-0.3, -0.25) is 4.68 Å². The summed E-state index contributed by atoms with van der Waals surface area (Å²) in [7, 11) is 0. The lowest BCUT2D eigenvalue weighted by Crippen LogP contribution is -2.28. The molecule has 5 heteroatoms. The molecule has 0 unspecified atom stereocenters. The lowest BCUT2D eigenvalue weighted by atomic mass is 10.1. The molecule has 1 aliphatic rings. The first-order chi connectivity index (χ1) is 12.8. The van der Waals surface area contributed by atoms with Crippen molar-refractivity contribution in [3.8, 4) is 11.3 Å². The summed E-state index contributed by atoms with van der Waals surface area (Å²) in [5.41, 5.74) is 3.56. The Kier molecular flexibility index (Phi) is 5.16. The topological polar surface area (TPSA) is 38.9 Å². The predicted octanol–water partition coefficient (Wildman–Crippen LogP) is 3.84. The minimum absolute atomic E-state index is 0.461. The molecule has 136 valence electrons. The fourth-order valence-corrected chi connectivity index (χ4v) is 3.85. The van der Waals surface area contributed by atoms with Gasteiger partial charge in [0.15, 0.2) is 0 Å². The van der Waals surface area contributed by atoms with Crippen molar-refractivity contribution in [3.63, 3.8) is 0 Å². The maximum absolute atomic E-state index is 4.56. The van der Waals surface area contributed by atoms with E-state index in [2.05, 4.69) is 56.9 Å². The first-order valence-electron chi connectivity index (χ1n) is 9.64. The first kappa shape index (κ1) is 17.0. The Hall–Kier alpha value is -2.40. The van der Waals surface area contributed by atoms with Gasteiger partial charge in [0.2, 0.25) is 0 Å². The lowest BCUT2D eigenvalue weighted by Gasteiger charge is -2.25. The van der Waals surface area contributed by atoms with Gasteiger partial charge in [0.25, 0.3) is 0 Å². The van der Waals surface area contributed by atoms with Gasteiger partial charge in [0.1, 0.15) is 0 Å². The zero-order valence-electron chi connectivity index (χ0n) is 15.5. The first-order valence-corrected chi connectivity index (χ1v) is 9.64. The Morgan fingerprint density at radius 3 is 2.65 bits per heavy atom. The van der Waals surface area contributed by atoms with Gasteiger partial charge in [-0.15, -0.1) is 0 Å². The zero-order valence-corrected chi connectivity index (χ0v) is 15.5. The minimum atomic E-state index is 0.461. The van der Waals surface area contributed by atoms with Gasteiger partial charge < -0.3 is 9.47 Å². The van der Waals surface area contributed by atoms with Gasteiger partial charge in [0, 0.05) is 24.3 Å². The summed E-state index contributed by atoms with van der Waals surface area (Å²) in [5, 5.41) is 4.56. The molecule has 0 amide bonds. The number of benzene rings is 1. The molecule has 1 atom stereocenters. The highest BCUT2D eigenvalue weighted by atomic mass is 15.3. The van der Waals surface area contributed by atoms with Crippen molar-refractivity contribution < 1.29 is 0 Å². The second kappa shape index (κ2) is 7.87. The molecule has 1 fully saturated rings. The molecule has 1 saturated heterocycles. The molecule has 3 heterocycles. The molecule has 0 spiro atoms. The fraction of sp³-hybridized carbons (Fsp3) is 0.429. The number of nitrogens with zero attached hydrogens (tertiary/aromatic N) is 5. The monoisotopic (exact) mass is 349 g/mol. The summed E-state index contributed by atoms with van der Waals surface area (Å²) in [6, 6.07) is 10.9. The summed E-state index contributed by atoms with van der Waals surface area (Å²) in [6.07, 6.45) is 11.8. The van der Waals surface area contributed by atoms with Crippen LogP contribution in [-0.2, 0) is 6.54 Å². The van der Waals surface area contributed by atoms with E-state index in [1.54, 1.807) is 0 Å². The Morgan fingerprint density at radius 1 is 1.08 bits per heavy atom. The van der Waals surface area contributed by atoms with Gasteiger partial charge in [-0.05, 0) is 37.9 Å². The molecule has 2 aromatic heterocycles. The second-order valence-electron chi connectivity index (χ2n) is 7.17. The highest BCUT2D eigenvalue weighted by molar-refractivity contribution is 5.56. The van der Waals surface area contributed by atoms with Crippen LogP contribution in [0, 0.1) is 0 Å². The van der Waals surface area contributed by atoms with Crippen LogP contribution < -0.4 is 0 Å². The summed E-state index contributed by atoms with van der Waals surface area (Å²) in [5.74, 6) is 0. The Labute approximate surface area is 155 Å². The molecule has 0 radical (unpaired) electrons. The lowest BCUT2D eigenvalue weighted by molar-refractivity contribution is 0.273. The zero-order chi connectivity index (χ0) is 17.8. The number of rotatable bonds is 7. The summed E-state index contributed by atoms with van der Waals surface area (Å²) in [6.45, 7) is 6.63. The van der Waals surface area contributed by atoms with E-state index in [1.165, 1.54) is 31.5 Å². The second-order valence-corrected chi connectivity index (χ2v) is 7.17. The van der Waals surface area contributed by atoms with Crippen molar-refractivity contribution in [1.82, 2.24) is 24.2 Å².